The minimum Gasteiger partial charge on any atom is -0.0891 e. The van der Waals surface area contributed by atoms with Gasteiger partial charge in [-0.15, -0.1) is 0 Å². The maximum absolute atomic E-state index is 6.01. The van der Waals surface area contributed by atoms with Gasteiger partial charge in [-0.1, -0.05) is 17.7 Å². The fourth-order valence-electron chi connectivity index (χ4n) is 3.16. The summed E-state index contributed by atoms with van der Waals surface area (Å²) in [6.45, 7) is 0. The van der Waals surface area contributed by atoms with Gasteiger partial charge >= 0.3 is 0 Å². The van der Waals surface area contributed by atoms with Crippen LogP contribution in [0.2, 0.25) is 0 Å². The van der Waals surface area contributed by atoms with E-state index >= 15 is 0 Å². The highest BCUT2D eigenvalue weighted by atomic mass is 35.5. The fourth-order valence-corrected chi connectivity index (χ4v) is 3.63. The molecule has 10 heavy (non-hydrogen) atoms. The second-order valence-corrected chi connectivity index (χ2v) is 4.42. The number of hydrogen-bond donors (Lipinski definition) is 0. The molecule has 0 N–H and O–H groups in total. The Balaban J connectivity index is 2.00. The van der Waals surface area contributed by atoms with Gasteiger partial charge in [0.15, 0.2) is 0 Å². The Bertz CT molecular complexity index is 207. The minimum atomic E-state index is 0.820. The third-order valence-corrected chi connectivity index (χ3v) is 4.03. The average molecular weight is 155 g/mol. The Morgan fingerprint density at radius 2 is 2.10 bits per heavy atom. The van der Waals surface area contributed by atoms with E-state index in [1.165, 1.54) is 24.3 Å². The van der Waals surface area contributed by atoms with Crippen LogP contribution >= 0.6 is 11.6 Å². The van der Waals surface area contributed by atoms with Crippen molar-refractivity contribution >= 4 is 11.6 Å². The van der Waals surface area contributed by atoms with E-state index < -0.39 is 0 Å². The van der Waals surface area contributed by atoms with E-state index in [4.69, 9.17) is 11.6 Å². The lowest BCUT2D eigenvalue weighted by Crippen LogP contribution is -2.28. The van der Waals surface area contributed by atoms with E-state index in [-0.39, 0.29) is 0 Å². The molecule has 0 aliphatic heterocycles. The molecule has 0 unspecified atom stereocenters. The number of halogens is 1. The van der Waals surface area contributed by atoms with E-state index in [1.807, 2.05) is 0 Å². The summed E-state index contributed by atoms with van der Waals surface area (Å²) >= 11 is 6.01. The van der Waals surface area contributed by atoms with Crippen molar-refractivity contribution in [3.05, 3.63) is 11.1 Å². The van der Waals surface area contributed by atoms with Crippen LogP contribution in [0.25, 0.3) is 0 Å². The van der Waals surface area contributed by atoms with Gasteiger partial charge in [0.2, 0.25) is 0 Å². The minimum absolute atomic E-state index is 0.820. The molecular weight excluding hydrogens is 144 g/mol. The molecule has 2 bridgehead atoms. The van der Waals surface area contributed by atoms with Crippen molar-refractivity contribution in [3.8, 4) is 0 Å². The standard InChI is InChI=1S/C9H11Cl/c10-8-4-7-5-1-2-6(3-5)9(7)8/h4-7,9H,1-3H2/t5-,6+,7+,9-/m1/s1. The van der Waals surface area contributed by atoms with Gasteiger partial charge in [-0.3, -0.25) is 0 Å². The Hall–Kier alpha value is 0.0300. The maximum Gasteiger partial charge on any atom is 0.0184 e. The van der Waals surface area contributed by atoms with Gasteiger partial charge in [0.25, 0.3) is 0 Å². The van der Waals surface area contributed by atoms with Crippen LogP contribution in [-0.2, 0) is 0 Å². The van der Waals surface area contributed by atoms with Gasteiger partial charge in [0.1, 0.15) is 0 Å². The van der Waals surface area contributed by atoms with Crippen LogP contribution in [0.3, 0.4) is 0 Å². The third kappa shape index (κ3) is 0.471. The molecule has 2 fully saturated rings. The Labute approximate surface area is 66.3 Å². The SMILES string of the molecule is ClC1=C[C@H]2[C@@H]3CC[C@@H](C3)[C@@H]12. The quantitative estimate of drug-likeness (QED) is 0.504. The van der Waals surface area contributed by atoms with Crippen molar-refractivity contribution in [1.82, 2.24) is 0 Å². The van der Waals surface area contributed by atoms with Crippen molar-refractivity contribution in [1.29, 1.82) is 0 Å². The van der Waals surface area contributed by atoms with Crippen molar-refractivity contribution < 1.29 is 0 Å². The zero-order chi connectivity index (χ0) is 6.72. The first kappa shape index (κ1) is 5.65. The van der Waals surface area contributed by atoms with Crippen LogP contribution in [-0.4, -0.2) is 0 Å². The van der Waals surface area contributed by atoms with Crippen molar-refractivity contribution in [3.63, 3.8) is 0 Å². The summed E-state index contributed by atoms with van der Waals surface area (Å²) in [5, 5.41) is 1.18. The maximum atomic E-state index is 6.01. The van der Waals surface area contributed by atoms with Crippen LogP contribution in [0.5, 0.6) is 0 Å². The number of allylic oxidation sites excluding steroid dienone is 2. The summed E-state index contributed by atoms with van der Waals surface area (Å²) in [7, 11) is 0. The first-order valence-corrected chi connectivity index (χ1v) is 4.61. The van der Waals surface area contributed by atoms with Gasteiger partial charge in [-0.25, -0.2) is 0 Å². The smallest absolute Gasteiger partial charge is 0.0184 e. The van der Waals surface area contributed by atoms with Gasteiger partial charge in [0.05, 0.1) is 0 Å². The molecule has 4 atom stereocenters. The normalized spacial score (nSPS) is 55.9. The van der Waals surface area contributed by atoms with Gasteiger partial charge in [0, 0.05) is 11.0 Å². The highest BCUT2D eigenvalue weighted by Crippen LogP contribution is 2.61. The first-order valence-electron chi connectivity index (χ1n) is 4.23. The van der Waals surface area contributed by atoms with E-state index in [0.29, 0.717) is 0 Å². The molecule has 0 aromatic rings. The Kier molecular flexibility index (Phi) is 0.909. The Morgan fingerprint density at radius 1 is 1.30 bits per heavy atom. The number of fused-ring (bicyclic) bond motifs is 5. The summed E-state index contributed by atoms with van der Waals surface area (Å²) in [6.07, 6.45) is 6.69. The predicted molar refractivity (Wildman–Crippen MR) is 41.7 cm³/mol. The van der Waals surface area contributed by atoms with E-state index in [0.717, 1.165) is 23.7 Å². The van der Waals surface area contributed by atoms with Crippen LogP contribution in [0.15, 0.2) is 11.1 Å². The molecular formula is C9H11Cl. The highest BCUT2D eigenvalue weighted by molar-refractivity contribution is 6.30. The number of rotatable bonds is 0. The Morgan fingerprint density at radius 3 is 2.70 bits per heavy atom. The summed E-state index contributed by atoms with van der Waals surface area (Å²) in [4.78, 5) is 0. The lowest BCUT2D eigenvalue weighted by atomic mass is 9.72. The summed E-state index contributed by atoms with van der Waals surface area (Å²) in [5.74, 6) is 3.73. The average Bonchev–Trinajstić information content (AvgIpc) is 2.40. The lowest BCUT2D eigenvalue weighted by Gasteiger charge is -2.36. The summed E-state index contributed by atoms with van der Waals surface area (Å²) in [6, 6.07) is 0. The van der Waals surface area contributed by atoms with Crippen molar-refractivity contribution in [2.45, 2.75) is 19.3 Å². The van der Waals surface area contributed by atoms with Gasteiger partial charge in [-0.2, -0.15) is 0 Å². The van der Waals surface area contributed by atoms with Crippen molar-refractivity contribution in [2.24, 2.45) is 23.7 Å². The predicted octanol–water partition coefficient (Wildman–Crippen LogP) is 2.79. The van der Waals surface area contributed by atoms with Crippen LogP contribution in [0.1, 0.15) is 19.3 Å². The lowest BCUT2D eigenvalue weighted by molar-refractivity contribution is 0.278. The molecule has 0 aromatic heterocycles. The van der Waals surface area contributed by atoms with Crippen molar-refractivity contribution in [2.75, 3.05) is 0 Å². The second-order valence-electron chi connectivity index (χ2n) is 3.99. The van der Waals surface area contributed by atoms with Crippen LogP contribution in [0, 0.1) is 23.7 Å². The topological polar surface area (TPSA) is 0 Å². The van der Waals surface area contributed by atoms with Gasteiger partial charge in [-0.05, 0) is 37.0 Å². The molecule has 0 radical (unpaired) electrons. The highest BCUT2D eigenvalue weighted by Gasteiger charge is 2.52. The second kappa shape index (κ2) is 1.61. The molecule has 3 rings (SSSR count). The largest absolute Gasteiger partial charge is 0.0891 e. The molecule has 0 spiro atoms. The molecule has 2 saturated carbocycles. The van der Waals surface area contributed by atoms with E-state index in [9.17, 15) is 0 Å². The molecule has 0 aromatic carbocycles. The molecule has 3 aliphatic carbocycles. The van der Waals surface area contributed by atoms with Crippen LogP contribution in [0.4, 0.5) is 0 Å². The molecule has 0 amide bonds. The number of hydrogen-bond acceptors (Lipinski definition) is 0. The van der Waals surface area contributed by atoms with Crippen LogP contribution < -0.4 is 0 Å². The zero-order valence-corrected chi connectivity index (χ0v) is 6.64. The van der Waals surface area contributed by atoms with Gasteiger partial charge < -0.3 is 0 Å². The molecule has 0 saturated heterocycles. The molecule has 54 valence electrons. The third-order valence-electron chi connectivity index (χ3n) is 3.65. The molecule has 0 nitrogen and oxygen atoms in total. The summed E-state index contributed by atoms with van der Waals surface area (Å²) < 4.78 is 0. The van der Waals surface area contributed by atoms with E-state index in [2.05, 4.69) is 6.08 Å². The molecule has 1 heteroatoms. The zero-order valence-electron chi connectivity index (χ0n) is 5.89. The van der Waals surface area contributed by atoms with E-state index in [1.54, 1.807) is 0 Å². The summed E-state index contributed by atoms with van der Waals surface area (Å²) in [5.41, 5.74) is 0. The fraction of sp³-hybridized carbons (Fsp3) is 0.778. The molecule has 0 heterocycles. The molecule has 3 aliphatic rings. The first-order chi connectivity index (χ1) is 4.86. The monoisotopic (exact) mass is 154 g/mol.